The smallest absolute Gasteiger partial charge is 0.227 e. The molecule has 1 aliphatic heterocycles. The lowest BCUT2D eigenvalue weighted by Crippen LogP contribution is -2.38. The molecule has 0 saturated carbocycles. The molecule has 5 rings (SSSR count). The van der Waals surface area contributed by atoms with Crippen molar-refractivity contribution >= 4 is 34.8 Å². The Labute approximate surface area is 196 Å². The SMILES string of the molecule is Cc1ccc(Sc2ccc(NC(=O)C3CCN(c4ccc5nnnn5n4)CC3)cc2)cc1C. The summed E-state index contributed by atoms with van der Waals surface area (Å²) < 4.78 is 1.43. The molecule has 1 aliphatic rings. The van der Waals surface area contributed by atoms with E-state index in [-0.39, 0.29) is 11.8 Å². The third kappa shape index (κ3) is 4.83. The maximum Gasteiger partial charge on any atom is 0.227 e. The van der Waals surface area contributed by atoms with Crippen LogP contribution in [0.5, 0.6) is 0 Å². The molecule has 4 aromatic rings. The van der Waals surface area contributed by atoms with E-state index in [0.29, 0.717) is 5.65 Å². The van der Waals surface area contributed by atoms with Crippen molar-refractivity contribution in [2.45, 2.75) is 36.5 Å². The van der Waals surface area contributed by atoms with Gasteiger partial charge in [0, 0.05) is 34.5 Å². The molecule has 0 spiro atoms. The van der Waals surface area contributed by atoms with Crippen LogP contribution in [-0.2, 0) is 4.79 Å². The standard InChI is InChI=1S/C24H25N7OS/c1-16-3-6-21(15-17(16)2)33-20-7-4-19(5-8-20)25-24(32)18-11-13-30(14-12-18)23-10-9-22-26-28-29-31(22)27-23/h3-10,15,18H,11-14H2,1-2H3,(H,25,32). The fourth-order valence-electron chi connectivity index (χ4n) is 3.94. The van der Waals surface area contributed by atoms with Crippen molar-refractivity contribution in [3.8, 4) is 0 Å². The predicted octanol–water partition coefficient (Wildman–Crippen LogP) is 4.14. The normalized spacial score (nSPS) is 14.5. The second-order valence-corrected chi connectivity index (χ2v) is 9.49. The molecular weight excluding hydrogens is 434 g/mol. The third-order valence-corrected chi connectivity index (χ3v) is 7.08. The Morgan fingerprint density at radius 3 is 2.48 bits per heavy atom. The van der Waals surface area contributed by atoms with Crippen molar-refractivity contribution in [3.63, 3.8) is 0 Å². The van der Waals surface area contributed by atoms with Gasteiger partial charge < -0.3 is 10.2 Å². The second-order valence-electron chi connectivity index (χ2n) is 8.34. The molecule has 33 heavy (non-hydrogen) atoms. The quantitative estimate of drug-likeness (QED) is 0.480. The molecule has 0 unspecified atom stereocenters. The van der Waals surface area contributed by atoms with E-state index in [0.717, 1.165) is 42.3 Å². The number of nitrogens with one attached hydrogen (secondary N) is 1. The van der Waals surface area contributed by atoms with Crippen LogP contribution in [0.3, 0.4) is 0 Å². The molecule has 0 bridgehead atoms. The highest BCUT2D eigenvalue weighted by molar-refractivity contribution is 7.99. The average molecular weight is 460 g/mol. The summed E-state index contributed by atoms with van der Waals surface area (Å²) in [5.41, 5.74) is 4.04. The lowest BCUT2D eigenvalue weighted by molar-refractivity contribution is -0.120. The van der Waals surface area contributed by atoms with Gasteiger partial charge in [0.05, 0.1) is 0 Å². The van der Waals surface area contributed by atoms with Crippen molar-refractivity contribution in [3.05, 3.63) is 65.7 Å². The van der Waals surface area contributed by atoms with Crippen LogP contribution in [0.1, 0.15) is 24.0 Å². The number of nitrogens with zero attached hydrogens (tertiary/aromatic N) is 6. The first kappa shape index (κ1) is 21.4. The number of piperidine rings is 1. The summed E-state index contributed by atoms with van der Waals surface area (Å²) in [6.07, 6.45) is 1.56. The van der Waals surface area contributed by atoms with E-state index in [1.54, 1.807) is 11.8 Å². The van der Waals surface area contributed by atoms with E-state index in [1.165, 1.54) is 20.7 Å². The summed E-state index contributed by atoms with van der Waals surface area (Å²) in [7, 11) is 0. The summed E-state index contributed by atoms with van der Waals surface area (Å²) in [5.74, 6) is 0.890. The number of rotatable bonds is 5. The molecule has 0 aliphatic carbocycles. The zero-order valence-corrected chi connectivity index (χ0v) is 19.4. The number of aryl methyl sites for hydroxylation is 2. The molecule has 0 atom stereocenters. The monoisotopic (exact) mass is 459 g/mol. The zero-order valence-electron chi connectivity index (χ0n) is 18.6. The summed E-state index contributed by atoms with van der Waals surface area (Å²) in [5, 5.41) is 18.9. The minimum absolute atomic E-state index is 0.0115. The van der Waals surface area contributed by atoms with Crippen molar-refractivity contribution in [2.75, 3.05) is 23.3 Å². The van der Waals surface area contributed by atoms with Gasteiger partial charge in [0.15, 0.2) is 11.5 Å². The third-order valence-electron chi connectivity index (χ3n) is 6.08. The number of benzene rings is 2. The number of hydrogen-bond donors (Lipinski definition) is 1. The lowest BCUT2D eigenvalue weighted by Gasteiger charge is -2.31. The molecular formula is C24H25N7OS. The van der Waals surface area contributed by atoms with Crippen LogP contribution in [0.25, 0.3) is 5.65 Å². The van der Waals surface area contributed by atoms with Crippen molar-refractivity contribution < 1.29 is 4.79 Å². The Hall–Kier alpha value is -3.46. The largest absolute Gasteiger partial charge is 0.355 e. The highest BCUT2D eigenvalue weighted by atomic mass is 32.2. The number of tetrazole rings is 1. The van der Waals surface area contributed by atoms with E-state index in [9.17, 15) is 4.79 Å². The van der Waals surface area contributed by atoms with E-state index in [2.05, 4.69) is 75.0 Å². The van der Waals surface area contributed by atoms with E-state index < -0.39 is 0 Å². The second kappa shape index (κ2) is 9.19. The highest BCUT2D eigenvalue weighted by Gasteiger charge is 2.26. The topological polar surface area (TPSA) is 88.3 Å². The van der Waals surface area contributed by atoms with Crippen LogP contribution in [0, 0.1) is 19.8 Å². The Morgan fingerprint density at radius 2 is 1.73 bits per heavy atom. The fraction of sp³-hybridized carbons (Fsp3) is 0.292. The van der Waals surface area contributed by atoms with E-state index in [1.807, 2.05) is 24.3 Å². The molecule has 1 N–H and O–H groups in total. The number of hydrogen-bond acceptors (Lipinski definition) is 7. The summed E-state index contributed by atoms with van der Waals surface area (Å²) in [6.45, 7) is 5.79. The molecule has 1 fully saturated rings. The number of carbonyl (C=O) groups excluding carboxylic acids is 1. The van der Waals surface area contributed by atoms with E-state index >= 15 is 0 Å². The number of fused-ring (bicyclic) bond motifs is 1. The van der Waals surface area contributed by atoms with Crippen LogP contribution in [0.15, 0.2) is 64.4 Å². The highest BCUT2D eigenvalue weighted by Crippen LogP contribution is 2.30. The first-order valence-corrected chi connectivity index (χ1v) is 11.8. The Morgan fingerprint density at radius 1 is 0.970 bits per heavy atom. The molecule has 2 aromatic carbocycles. The van der Waals surface area contributed by atoms with Gasteiger partial charge in [0.2, 0.25) is 5.91 Å². The van der Waals surface area contributed by atoms with Crippen LogP contribution < -0.4 is 10.2 Å². The maximum atomic E-state index is 12.8. The summed E-state index contributed by atoms with van der Waals surface area (Å²) in [4.78, 5) is 17.4. The van der Waals surface area contributed by atoms with Crippen LogP contribution in [0.4, 0.5) is 11.5 Å². The van der Waals surface area contributed by atoms with Crippen LogP contribution in [0.2, 0.25) is 0 Å². The van der Waals surface area contributed by atoms with Gasteiger partial charge in [0.1, 0.15) is 0 Å². The number of aromatic nitrogens is 5. The summed E-state index contributed by atoms with van der Waals surface area (Å²) in [6, 6.07) is 18.3. The van der Waals surface area contributed by atoms with Gasteiger partial charge in [-0.2, -0.15) is 0 Å². The molecule has 0 radical (unpaired) electrons. The van der Waals surface area contributed by atoms with E-state index in [4.69, 9.17) is 0 Å². The first-order valence-electron chi connectivity index (χ1n) is 11.0. The molecule has 9 heteroatoms. The van der Waals surface area contributed by atoms with Crippen molar-refractivity contribution in [1.29, 1.82) is 0 Å². The molecule has 3 heterocycles. The molecule has 1 saturated heterocycles. The molecule has 1 amide bonds. The summed E-state index contributed by atoms with van der Waals surface area (Å²) >= 11 is 1.73. The lowest BCUT2D eigenvalue weighted by atomic mass is 9.96. The Balaban J connectivity index is 1.15. The van der Waals surface area contributed by atoms with Crippen LogP contribution in [-0.4, -0.2) is 44.3 Å². The Bertz CT molecular complexity index is 1280. The van der Waals surface area contributed by atoms with Gasteiger partial charge in [-0.05, 0) is 96.8 Å². The zero-order chi connectivity index (χ0) is 22.8. The number of amides is 1. The fourth-order valence-corrected chi connectivity index (χ4v) is 4.86. The predicted molar refractivity (Wildman–Crippen MR) is 129 cm³/mol. The number of carbonyl (C=O) groups is 1. The molecule has 8 nitrogen and oxygen atoms in total. The van der Waals surface area contributed by atoms with Crippen LogP contribution >= 0.6 is 11.8 Å². The van der Waals surface area contributed by atoms with Gasteiger partial charge in [-0.3, -0.25) is 4.79 Å². The molecule has 2 aromatic heterocycles. The number of anilines is 2. The minimum atomic E-state index is -0.0115. The van der Waals surface area contributed by atoms with Gasteiger partial charge in [-0.15, -0.1) is 14.8 Å². The van der Waals surface area contributed by atoms with Gasteiger partial charge in [0.25, 0.3) is 0 Å². The molecule has 168 valence electrons. The van der Waals surface area contributed by atoms with Gasteiger partial charge >= 0.3 is 0 Å². The van der Waals surface area contributed by atoms with Crippen molar-refractivity contribution in [1.82, 2.24) is 25.3 Å². The van der Waals surface area contributed by atoms with Gasteiger partial charge in [-0.1, -0.05) is 17.8 Å². The first-order chi connectivity index (χ1) is 16.0. The van der Waals surface area contributed by atoms with Gasteiger partial charge in [-0.25, -0.2) is 0 Å². The average Bonchev–Trinajstić information content (AvgIpc) is 3.31. The maximum absolute atomic E-state index is 12.8. The Kier molecular flexibility index (Phi) is 5.95. The minimum Gasteiger partial charge on any atom is -0.355 e. The van der Waals surface area contributed by atoms with Crippen molar-refractivity contribution in [2.24, 2.45) is 5.92 Å².